The zero-order valence-corrected chi connectivity index (χ0v) is 17.8. The van der Waals surface area contributed by atoms with Crippen LogP contribution in [-0.2, 0) is 19.4 Å². The maximum Gasteiger partial charge on any atom is 0.307 e. The summed E-state index contributed by atoms with van der Waals surface area (Å²) in [6, 6.07) is 8.45. The van der Waals surface area contributed by atoms with Crippen LogP contribution in [0, 0.1) is 20.8 Å². The number of ether oxygens (including phenoxy) is 1. The van der Waals surface area contributed by atoms with E-state index in [1.807, 2.05) is 39.2 Å². The normalized spacial score (nSPS) is 11.6. The second-order valence-electron chi connectivity index (χ2n) is 7.21. The molecular weight excluding hydrogens is 378 g/mol. The van der Waals surface area contributed by atoms with Gasteiger partial charge >= 0.3 is 5.97 Å². The first kappa shape index (κ1) is 21.9. The Balaban J connectivity index is 1.93. The predicted octanol–water partition coefficient (Wildman–Crippen LogP) is 3.58. The Bertz CT molecular complexity index is 969. The van der Waals surface area contributed by atoms with Crippen molar-refractivity contribution in [2.45, 2.75) is 52.0 Å². The molecule has 0 bridgehead atoms. The third kappa shape index (κ3) is 5.10. The van der Waals surface area contributed by atoms with Crippen molar-refractivity contribution in [3.8, 4) is 0 Å². The molecule has 0 aliphatic heterocycles. The topological polar surface area (TPSA) is 82.4 Å². The van der Waals surface area contributed by atoms with E-state index in [9.17, 15) is 18.0 Å². The molecule has 2 aromatic rings. The Kier molecular flexibility index (Phi) is 6.82. The van der Waals surface area contributed by atoms with Gasteiger partial charge in [0.25, 0.3) is 0 Å². The van der Waals surface area contributed by atoms with E-state index in [2.05, 4.69) is 0 Å². The van der Waals surface area contributed by atoms with Gasteiger partial charge in [-0.1, -0.05) is 17.7 Å². The number of hydrogen-bond donors (Lipinski definition) is 0. The minimum absolute atomic E-state index is 0.170. The lowest BCUT2D eigenvalue weighted by molar-refractivity contribution is -0.142. The number of aryl methyl sites for hydroxylation is 2. The van der Waals surface area contributed by atoms with Crippen molar-refractivity contribution >= 4 is 21.6 Å². The molecule has 0 fully saturated rings. The number of carbonyl (C=O) groups excluding carboxylic acids is 2. The number of rotatable bonds is 8. The van der Waals surface area contributed by atoms with Gasteiger partial charge in [-0.15, -0.1) is 0 Å². The van der Waals surface area contributed by atoms with Crippen molar-refractivity contribution in [1.29, 1.82) is 0 Å². The first-order valence-corrected chi connectivity index (χ1v) is 10.8. The summed E-state index contributed by atoms with van der Waals surface area (Å²) in [5.41, 5.74) is 3.27. The molecule has 0 N–H and O–H groups in total. The number of nitrogens with zero attached hydrogens (tertiary/aromatic N) is 1. The van der Waals surface area contributed by atoms with Gasteiger partial charge in [-0.05, 0) is 52.8 Å². The number of sulfone groups is 1. The van der Waals surface area contributed by atoms with Crippen LogP contribution in [-0.4, -0.2) is 37.1 Å². The molecular formula is C21H27NO5S. The van der Waals surface area contributed by atoms with Crippen LogP contribution in [0.25, 0.3) is 0 Å². The Morgan fingerprint density at radius 3 is 2.21 bits per heavy atom. The Hall–Kier alpha value is -2.41. The van der Waals surface area contributed by atoms with Gasteiger partial charge in [0.2, 0.25) is 5.78 Å². The molecule has 0 aliphatic rings. The zero-order valence-electron chi connectivity index (χ0n) is 17.0. The van der Waals surface area contributed by atoms with E-state index in [1.54, 1.807) is 18.2 Å². The highest BCUT2D eigenvalue weighted by Crippen LogP contribution is 2.20. The van der Waals surface area contributed by atoms with Crippen molar-refractivity contribution in [2.24, 2.45) is 0 Å². The van der Waals surface area contributed by atoms with Crippen molar-refractivity contribution < 1.29 is 22.7 Å². The van der Waals surface area contributed by atoms with Crippen LogP contribution in [0.4, 0.5) is 0 Å². The summed E-state index contributed by atoms with van der Waals surface area (Å²) in [7, 11) is -3.57. The second kappa shape index (κ2) is 8.73. The summed E-state index contributed by atoms with van der Waals surface area (Å²) >= 11 is 0. The van der Waals surface area contributed by atoms with Gasteiger partial charge in [-0.2, -0.15) is 0 Å². The third-order valence-corrected chi connectivity index (χ3v) is 6.35. The average Bonchev–Trinajstić information content (AvgIpc) is 2.93. The van der Waals surface area contributed by atoms with E-state index in [4.69, 9.17) is 4.74 Å². The summed E-state index contributed by atoms with van der Waals surface area (Å²) < 4.78 is 31.6. The average molecular weight is 406 g/mol. The molecule has 7 heteroatoms. The molecule has 0 aliphatic carbocycles. The maximum atomic E-state index is 12.4. The van der Waals surface area contributed by atoms with Crippen molar-refractivity contribution in [1.82, 2.24) is 4.57 Å². The van der Waals surface area contributed by atoms with Gasteiger partial charge in [0.1, 0.15) is 0 Å². The van der Waals surface area contributed by atoms with Crippen LogP contribution in [0.1, 0.15) is 53.6 Å². The van der Waals surface area contributed by atoms with Gasteiger partial charge < -0.3 is 9.30 Å². The van der Waals surface area contributed by atoms with Gasteiger partial charge in [0.15, 0.2) is 16.4 Å². The summed E-state index contributed by atoms with van der Waals surface area (Å²) in [4.78, 5) is 24.5. The van der Waals surface area contributed by atoms with E-state index in [-0.39, 0.29) is 28.9 Å². The number of ketones is 1. The number of hydrogen-bond acceptors (Lipinski definition) is 5. The van der Waals surface area contributed by atoms with E-state index in [0.717, 1.165) is 17.0 Å². The molecule has 28 heavy (non-hydrogen) atoms. The lowest BCUT2D eigenvalue weighted by Crippen LogP contribution is -2.18. The van der Waals surface area contributed by atoms with Gasteiger partial charge in [-0.25, -0.2) is 8.42 Å². The summed E-state index contributed by atoms with van der Waals surface area (Å²) in [6.45, 7) is 9.31. The summed E-state index contributed by atoms with van der Waals surface area (Å²) in [5, 5.41) is 0. The smallest absolute Gasteiger partial charge is 0.307 e. The quantitative estimate of drug-likeness (QED) is 0.495. The van der Waals surface area contributed by atoms with Crippen LogP contribution in [0.5, 0.6) is 0 Å². The molecule has 2 rings (SSSR count). The molecule has 0 radical (unpaired) electrons. The van der Waals surface area contributed by atoms with Crippen LogP contribution in [0.3, 0.4) is 0 Å². The van der Waals surface area contributed by atoms with Gasteiger partial charge in [-0.3, -0.25) is 9.59 Å². The van der Waals surface area contributed by atoms with E-state index in [0.29, 0.717) is 5.56 Å². The minimum atomic E-state index is -3.57. The lowest BCUT2D eigenvalue weighted by atomic mass is 10.1. The van der Waals surface area contributed by atoms with Crippen LogP contribution < -0.4 is 0 Å². The van der Waals surface area contributed by atoms with Gasteiger partial charge in [0.05, 0.1) is 17.1 Å². The fraction of sp³-hybridized carbons (Fsp3) is 0.429. The van der Waals surface area contributed by atoms with E-state index < -0.39 is 22.4 Å². The highest BCUT2D eigenvalue weighted by Gasteiger charge is 2.20. The highest BCUT2D eigenvalue weighted by atomic mass is 32.2. The van der Waals surface area contributed by atoms with Gasteiger partial charge in [0, 0.05) is 23.0 Å². The standard InChI is InChI=1S/C21H27NO5S/c1-14(2)22-16(4)12-19(17(22)5)20(23)13-27-21(24)10-11-28(25,26)18-8-6-15(3)7-9-18/h6-9,12,14H,10-11,13H2,1-5H3. The molecule has 0 saturated heterocycles. The number of benzene rings is 1. The molecule has 0 atom stereocenters. The molecule has 1 aromatic heterocycles. The van der Waals surface area contributed by atoms with Crippen molar-refractivity contribution in [3.05, 3.63) is 52.8 Å². The molecule has 0 saturated carbocycles. The molecule has 0 spiro atoms. The molecule has 0 amide bonds. The summed E-state index contributed by atoms with van der Waals surface area (Å²) in [6.07, 6.45) is -0.297. The van der Waals surface area contributed by atoms with E-state index in [1.165, 1.54) is 12.1 Å². The number of Topliss-reactive ketones (excluding diaryl/α,β-unsaturated/α-hetero) is 1. The summed E-state index contributed by atoms with van der Waals surface area (Å²) in [5.74, 6) is -1.36. The lowest BCUT2D eigenvalue weighted by Gasteiger charge is -2.13. The van der Waals surface area contributed by atoms with Crippen LogP contribution in [0.15, 0.2) is 35.2 Å². The third-order valence-electron chi connectivity index (χ3n) is 4.62. The highest BCUT2D eigenvalue weighted by molar-refractivity contribution is 7.91. The van der Waals surface area contributed by atoms with Crippen LogP contribution in [0.2, 0.25) is 0 Å². The first-order chi connectivity index (χ1) is 13.0. The van der Waals surface area contributed by atoms with Crippen molar-refractivity contribution in [3.63, 3.8) is 0 Å². The largest absolute Gasteiger partial charge is 0.457 e. The predicted molar refractivity (Wildman–Crippen MR) is 107 cm³/mol. The molecule has 1 heterocycles. The number of esters is 1. The first-order valence-electron chi connectivity index (χ1n) is 9.19. The zero-order chi connectivity index (χ0) is 21.1. The fourth-order valence-corrected chi connectivity index (χ4v) is 4.45. The second-order valence-corrected chi connectivity index (χ2v) is 9.32. The fourth-order valence-electron chi connectivity index (χ4n) is 3.23. The monoisotopic (exact) mass is 405 g/mol. The molecule has 6 nitrogen and oxygen atoms in total. The SMILES string of the molecule is Cc1ccc(S(=O)(=O)CCC(=O)OCC(=O)c2cc(C)n(C(C)C)c2C)cc1. The Morgan fingerprint density at radius 2 is 1.68 bits per heavy atom. The Morgan fingerprint density at radius 1 is 1.07 bits per heavy atom. The maximum absolute atomic E-state index is 12.4. The molecule has 152 valence electrons. The Labute approximate surface area is 166 Å². The molecule has 0 unspecified atom stereocenters. The number of carbonyl (C=O) groups is 2. The minimum Gasteiger partial charge on any atom is -0.457 e. The van der Waals surface area contributed by atoms with E-state index >= 15 is 0 Å². The van der Waals surface area contributed by atoms with Crippen LogP contribution >= 0.6 is 0 Å². The number of aromatic nitrogens is 1. The molecule has 1 aromatic carbocycles. The van der Waals surface area contributed by atoms with Crippen molar-refractivity contribution in [2.75, 3.05) is 12.4 Å².